The van der Waals surface area contributed by atoms with Crippen molar-refractivity contribution in [3.63, 3.8) is 0 Å². The minimum Gasteiger partial charge on any atom is -0.492 e. The lowest BCUT2D eigenvalue weighted by Crippen LogP contribution is -2.25. The first kappa shape index (κ1) is 25.4. The third kappa shape index (κ3) is 6.06. The zero-order valence-corrected chi connectivity index (χ0v) is 22.5. The summed E-state index contributed by atoms with van der Waals surface area (Å²) in [7, 11) is 0. The number of ether oxygens (including phenoxy) is 1. The molecule has 2 aliphatic rings. The maximum Gasteiger partial charge on any atom is 0.248 e. The van der Waals surface area contributed by atoms with Crippen LogP contribution >= 0.6 is 0 Å². The molecule has 8 nitrogen and oxygen atoms in total. The number of aryl methyl sites for hydroxylation is 1. The van der Waals surface area contributed by atoms with Crippen LogP contribution in [-0.4, -0.2) is 50.9 Å². The number of aromatic nitrogens is 4. The molecule has 1 saturated heterocycles. The summed E-state index contributed by atoms with van der Waals surface area (Å²) in [6.45, 7) is 4.05. The molecule has 0 spiro atoms. The van der Waals surface area contributed by atoms with Crippen molar-refractivity contribution in [2.45, 2.75) is 51.4 Å². The SMILES string of the molecule is Nc1nc(Nc2ccc(OCCN3CCCC3)cc2)nn1-c1cc(-c2ccccc2)c2c(n1)CCCCCC2. The van der Waals surface area contributed by atoms with Crippen LogP contribution in [0.5, 0.6) is 5.75 Å². The van der Waals surface area contributed by atoms with Crippen LogP contribution in [0.4, 0.5) is 17.6 Å². The van der Waals surface area contributed by atoms with Gasteiger partial charge >= 0.3 is 0 Å². The van der Waals surface area contributed by atoms with Gasteiger partial charge in [0.25, 0.3) is 0 Å². The molecule has 3 heterocycles. The monoisotopic (exact) mass is 523 g/mol. The predicted molar refractivity (Wildman–Crippen MR) is 156 cm³/mol. The van der Waals surface area contributed by atoms with Gasteiger partial charge in [0.1, 0.15) is 12.4 Å². The van der Waals surface area contributed by atoms with Gasteiger partial charge in [-0.1, -0.05) is 43.2 Å². The van der Waals surface area contributed by atoms with E-state index in [1.807, 2.05) is 24.3 Å². The fourth-order valence-electron chi connectivity index (χ4n) is 5.64. The topological polar surface area (TPSA) is 94.1 Å². The molecule has 6 rings (SSSR count). The zero-order valence-electron chi connectivity index (χ0n) is 22.5. The molecule has 0 saturated carbocycles. The molecule has 1 fully saturated rings. The number of hydrogen-bond donors (Lipinski definition) is 2. The molecule has 8 heteroatoms. The van der Waals surface area contributed by atoms with Crippen LogP contribution in [0.25, 0.3) is 16.9 Å². The lowest BCUT2D eigenvalue weighted by Gasteiger charge is -2.19. The number of fused-ring (bicyclic) bond motifs is 1. The lowest BCUT2D eigenvalue weighted by molar-refractivity contribution is 0.238. The third-order valence-electron chi connectivity index (χ3n) is 7.71. The minimum absolute atomic E-state index is 0.302. The Morgan fingerprint density at radius 1 is 0.846 bits per heavy atom. The second-order valence-electron chi connectivity index (χ2n) is 10.5. The van der Waals surface area contributed by atoms with E-state index in [0.29, 0.717) is 24.3 Å². The zero-order chi connectivity index (χ0) is 26.4. The van der Waals surface area contributed by atoms with Gasteiger partial charge in [-0.05, 0) is 98.6 Å². The maximum absolute atomic E-state index is 6.36. The van der Waals surface area contributed by atoms with E-state index in [2.05, 4.69) is 56.7 Å². The van der Waals surface area contributed by atoms with E-state index in [4.69, 9.17) is 15.5 Å². The van der Waals surface area contributed by atoms with Crippen molar-refractivity contribution in [1.82, 2.24) is 24.6 Å². The Hall–Kier alpha value is -3.91. The molecular formula is C31H37N7O. The second-order valence-corrected chi connectivity index (χ2v) is 10.5. The third-order valence-corrected chi connectivity index (χ3v) is 7.71. The Bertz CT molecular complexity index is 1380. The first-order valence-electron chi connectivity index (χ1n) is 14.3. The van der Waals surface area contributed by atoms with E-state index >= 15 is 0 Å². The van der Waals surface area contributed by atoms with Gasteiger partial charge in [0.2, 0.25) is 11.9 Å². The van der Waals surface area contributed by atoms with Crippen molar-refractivity contribution in [1.29, 1.82) is 0 Å². The average molecular weight is 524 g/mol. The number of anilines is 3. The molecular weight excluding hydrogens is 486 g/mol. The molecule has 4 aromatic rings. The number of nitrogens with two attached hydrogens (primary N) is 1. The van der Waals surface area contributed by atoms with Gasteiger partial charge in [0.05, 0.1) is 0 Å². The Morgan fingerprint density at radius 2 is 1.62 bits per heavy atom. The second kappa shape index (κ2) is 11.9. The van der Waals surface area contributed by atoms with Gasteiger partial charge < -0.3 is 15.8 Å². The van der Waals surface area contributed by atoms with Crippen molar-refractivity contribution in [2.75, 3.05) is 37.3 Å². The highest BCUT2D eigenvalue weighted by molar-refractivity contribution is 5.70. The summed E-state index contributed by atoms with van der Waals surface area (Å²) in [4.78, 5) is 12.0. The Labute approximate surface area is 230 Å². The summed E-state index contributed by atoms with van der Waals surface area (Å²) in [6, 6.07) is 20.5. The summed E-state index contributed by atoms with van der Waals surface area (Å²) in [5, 5.41) is 7.96. The number of likely N-dealkylation sites (tertiary alicyclic amines) is 1. The van der Waals surface area contributed by atoms with E-state index in [0.717, 1.165) is 42.9 Å². The van der Waals surface area contributed by atoms with Crippen LogP contribution in [0, 0.1) is 0 Å². The quantitative estimate of drug-likeness (QED) is 0.302. The number of hydrogen-bond acceptors (Lipinski definition) is 7. The normalized spacial score (nSPS) is 15.9. The van der Waals surface area contributed by atoms with Gasteiger partial charge in [-0.25, -0.2) is 4.98 Å². The van der Waals surface area contributed by atoms with E-state index in [1.54, 1.807) is 4.68 Å². The van der Waals surface area contributed by atoms with E-state index < -0.39 is 0 Å². The molecule has 0 radical (unpaired) electrons. The molecule has 0 amide bonds. The number of nitrogens with zero attached hydrogens (tertiary/aromatic N) is 5. The molecule has 2 aromatic carbocycles. The molecule has 0 unspecified atom stereocenters. The summed E-state index contributed by atoms with van der Waals surface area (Å²) in [6.07, 6.45) is 9.46. The van der Waals surface area contributed by atoms with Crippen LogP contribution in [0.15, 0.2) is 60.7 Å². The molecule has 202 valence electrons. The summed E-state index contributed by atoms with van der Waals surface area (Å²) in [5.41, 5.74) is 12.1. The number of nitrogen functional groups attached to an aromatic ring is 1. The highest BCUT2D eigenvalue weighted by Crippen LogP contribution is 2.32. The van der Waals surface area contributed by atoms with Crippen LogP contribution in [0.1, 0.15) is 49.8 Å². The van der Waals surface area contributed by atoms with Crippen LogP contribution in [0.2, 0.25) is 0 Å². The number of benzene rings is 2. The summed E-state index contributed by atoms with van der Waals surface area (Å²) in [5.74, 6) is 2.30. The van der Waals surface area contributed by atoms with E-state index in [-0.39, 0.29) is 0 Å². The average Bonchev–Trinajstić information content (AvgIpc) is 3.60. The highest BCUT2D eigenvalue weighted by atomic mass is 16.5. The Kier molecular flexibility index (Phi) is 7.72. The maximum atomic E-state index is 6.36. The van der Waals surface area contributed by atoms with Gasteiger partial charge in [-0.3, -0.25) is 4.90 Å². The predicted octanol–water partition coefficient (Wildman–Crippen LogP) is 5.79. The number of rotatable bonds is 8. The van der Waals surface area contributed by atoms with Crippen molar-refractivity contribution in [3.05, 3.63) is 71.9 Å². The smallest absolute Gasteiger partial charge is 0.248 e. The fourth-order valence-corrected chi connectivity index (χ4v) is 5.64. The number of pyridine rings is 1. The van der Waals surface area contributed by atoms with Crippen LogP contribution in [-0.2, 0) is 12.8 Å². The molecule has 39 heavy (non-hydrogen) atoms. The Balaban J connectivity index is 1.21. The number of nitrogens with one attached hydrogen (secondary N) is 1. The molecule has 1 aliphatic carbocycles. The minimum atomic E-state index is 0.302. The molecule has 0 atom stereocenters. The van der Waals surface area contributed by atoms with Crippen molar-refractivity contribution >= 4 is 17.6 Å². The molecule has 2 aromatic heterocycles. The van der Waals surface area contributed by atoms with Gasteiger partial charge in [-0.2, -0.15) is 9.67 Å². The summed E-state index contributed by atoms with van der Waals surface area (Å²) >= 11 is 0. The Morgan fingerprint density at radius 3 is 2.41 bits per heavy atom. The highest BCUT2D eigenvalue weighted by Gasteiger charge is 2.19. The largest absolute Gasteiger partial charge is 0.492 e. The molecule has 3 N–H and O–H groups in total. The van der Waals surface area contributed by atoms with Crippen molar-refractivity contribution < 1.29 is 4.74 Å². The van der Waals surface area contributed by atoms with Crippen LogP contribution in [0.3, 0.4) is 0 Å². The van der Waals surface area contributed by atoms with E-state index in [9.17, 15) is 0 Å². The van der Waals surface area contributed by atoms with Gasteiger partial charge in [0, 0.05) is 17.9 Å². The van der Waals surface area contributed by atoms with Gasteiger partial charge in [-0.15, -0.1) is 5.10 Å². The first-order valence-corrected chi connectivity index (χ1v) is 14.3. The lowest BCUT2D eigenvalue weighted by atomic mass is 9.90. The molecule has 1 aliphatic heterocycles. The van der Waals surface area contributed by atoms with Gasteiger partial charge in [0.15, 0.2) is 5.82 Å². The van der Waals surface area contributed by atoms with E-state index in [1.165, 1.54) is 61.9 Å². The standard InChI is InChI=1S/C31H37N7O/c32-30-35-31(33-24-14-16-25(17-15-24)39-21-20-37-18-8-9-19-37)36-38(30)29-22-27(23-10-4-3-5-11-23)26-12-6-1-2-7-13-28(26)34-29/h3-5,10-11,14-17,22H,1-2,6-9,12-13,18-21H2,(H3,32,33,35,36). The summed E-state index contributed by atoms with van der Waals surface area (Å²) < 4.78 is 7.57. The van der Waals surface area contributed by atoms with Crippen molar-refractivity contribution in [2.24, 2.45) is 0 Å². The fraction of sp³-hybridized carbons (Fsp3) is 0.387. The molecule has 0 bridgehead atoms. The first-order chi connectivity index (χ1) is 19.2. The van der Waals surface area contributed by atoms with Crippen LogP contribution < -0.4 is 15.8 Å². The van der Waals surface area contributed by atoms with Crippen molar-refractivity contribution in [3.8, 4) is 22.7 Å².